The van der Waals surface area contributed by atoms with Crippen LogP contribution in [0, 0.1) is 0 Å². The van der Waals surface area contributed by atoms with E-state index < -0.39 is 18.3 Å². The van der Waals surface area contributed by atoms with Gasteiger partial charge in [0.25, 0.3) is 0 Å². The quantitative estimate of drug-likeness (QED) is 0.839. The summed E-state index contributed by atoms with van der Waals surface area (Å²) in [5.74, 6) is 0.645. The largest absolute Gasteiger partial charge is 0.497 e. The third kappa shape index (κ3) is 3.62. The molecule has 0 unspecified atom stereocenters. The zero-order valence-corrected chi connectivity index (χ0v) is 11.8. The highest BCUT2D eigenvalue weighted by Crippen LogP contribution is 2.16. The van der Waals surface area contributed by atoms with Crippen LogP contribution in [0.15, 0.2) is 29.2 Å². The second kappa shape index (κ2) is 4.56. The summed E-state index contributed by atoms with van der Waals surface area (Å²) < 4.78 is 31.6. The first-order valence-corrected chi connectivity index (χ1v) is 9.91. The predicted molar refractivity (Wildman–Crippen MR) is 66.7 cm³/mol. The van der Waals surface area contributed by atoms with Gasteiger partial charge in [0.15, 0.2) is 0 Å². The van der Waals surface area contributed by atoms with Crippen molar-refractivity contribution in [2.75, 3.05) is 7.11 Å². The molecule has 0 aliphatic heterocycles. The van der Waals surface area contributed by atoms with Gasteiger partial charge in [-0.15, -0.1) is 0 Å². The third-order valence-corrected chi connectivity index (χ3v) is 6.23. The Bertz CT molecular complexity index is 448. The molecule has 0 aliphatic carbocycles. The maximum absolute atomic E-state index is 11.9. The first kappa shape index (κ1) is 13.2. The second-order valence-electron chi connectivity index (χ2n) is 4.53. The van der Waals surface area contributed by atoms with Crippen LogP contribution in [-0.2, 0) is 10.0 Å². The van der Waals surface area contributed by atoms with Gasteiger partial charge in [-0.3, -0.25) is 0 Å². The van der Waals surface area contributed by atoms with Gasteiger partial charge in [0.05, 0.1) is 12.0 Å². The van der Waals surface area contributed by atoms with Crippen LogP contribution in [0.25, 0.3) is 0 Å². The summed E-state index contributed by atoms with van der Waals surface area (Å²) in [6.07, 6.45) is 0. The van der Waals surface area contributed by atoms with Crippen molar-refractivity contribution < 1.29 is 13.2 Å². The van der Waals surface area contributed by atoms with E-state index in [4.69, 9.17) is 4.74 Å². The van der Waals surface area contributed by atoms with Crippen molar-refractivity contribution >= 4 is 18.3 Å². The molecule has 6 heteroatoms. The summed E-state index contributed by atoms with van der Waals surface area (Å²) in [7, 11) is -3.71. The highest BCUT2D eigenvalue weighted by Gasteiger charge is 2.23. The Hall–Kier alpha value is -0.853. The Morgan fingerprint density at radius 2 is 1.62 bits per heavy atom. The Morgan fingerprint density at radius 1 is 1.12 bits per heavy atom. The molecule has 0 radical (unpaired) electrons. The normalized spacial score (nSPS) is 12.5. The van der Waals surface area contributed by atoms with Crippen LogP contribution in [0.5, 0.6) is 5.75 Å². The van der Waals surface area contributed by atoms with Crippen LogP contribution < -0.4 is 9.12 Å². The van der Waals surface area contributed by atoms with Crippen molar-refractivity contribution in [1.82, 2.24) is 4.39 Å². The van der Waals surface area contributed by atoms with Crippen LogP contribution in [0.4, 0.5) is 0 Å². The van der Waals surface area contributed by atoms with Gasteiger partial charge in [-0.05, 0) is 24.3 Å². The number of hydrogen-bond acceptors (Lipinski definition) is 3. The summed E-state index contributed by atoms with van der Waals surface area (Å²) in [6.45, 7) is 5.82. The molecule has 1 rings (SSSR count). The van der Waals surface area contributed by atoms with E-state index in [1.807, 2.05) is 19.6 Å². The molecule has 1 aromatic rings. The number of benzene rings is 1. The van der Waals surface area contributed by atoms with Gasteiger partial charge in [0.1, 0.15) is 14.0 Å². The topological polar surface area (TPSA) is 55.4 Å². The van der Waals surface area contributed by atoms with Crippen LogP contribution in [-0.4, -0.2) is 23.8 Å². The molecule has 4 nitrogen and oxygen atoms in total. The standard InChI is InChI=1S/C10H17NO3SSi/c1-14-9-5-7-10(8-6-9)15(12,13)11-16(2,3)4/h5-8,11H,1-4H3. The van der Waals surface area contributed by atoms with E-state index >= 15 is 0 Å². The average molecular weight is 259 g/mol. The van der Waals surface area contributed by atoms with E-state index in [9.17, 15) is 8.42 Å². The zero-order valence-electron chi connectivity index (χ0n) is 9.94. The smallest absolute Gasteiger partial charge is 0.234 e. The third-order valence-electron chi connectivity index (χ3n) is 1.81. The van der Waals surface area contributed by atoms with Crippen molar-refractivity contribution in [3.63, 3.8) is 0 Å². The fourth-order valence-corrected chi connectivity index (χ4v) is 5.41. The average Bonchev–Trinajstić information content (AvgIpc) is 2.14. The van der Waals surface area contributed by atoms with E-state index in [0.717, 1.165) is 0 Å². The van der Waals surface area contributed by atoms with Crippen molar-refractivity contribution in [3.05, 3.63) is 24.3 Å². The lowest BCUT2D eigenvalue weighted by Crippen LogP contribution is -2.45. The van der Waals surface area contributed by atoms with Crippen molar-refractivity contribution in [2.24, 2.45) is 0 Å². The van der Waals surface area contributed by atoms with Gasteiger partial charge in [0, 0.05) is 0 Å². The van der Waals surface area contributed by atoms with E-state index in [1.54, 1.807) is 31.4 Å². The van der Waals surface area contributed by atoms with Crippen LogP contribution in [0.1, 0.15) is 0 Å². The Labute approximate surface area is 97.8 Å². The van der Waals surface area contributed by atoms with E-state index in [1.165, 1.54) is 0 Å². The monoisotopic (exact) mass is 259 g/mol. The van der Waals surface area contributed by atoms with Gasteiger partial charge in [-0.1, -0.05) is 19.6 Å². The molecule has 0 aliphatic rings. The molecule has 1 N–H and O–H groups in total. The molecule has 0 heterocycles. The van der Waals surface area contributed by atoms with Gasteiger partial charge in [0.2, 0.25) is 10.0 Å². The van der Waals surface area contributed by atoms with E-state index in [-0.39, 0.29) is 4.90 Å². The maximum Gasteiger partial charge on any atom is 0.234 e. The second-order valence-corrected chi connectivity index (χ2v) is 11.3. The summed E-state index contributed by atoms with van der Waals surface area (Å²) in [6, 6.07) is 6.36. The summed E-state index contributed by atoms with van der Waals surface area (Å²) in [5.41, 5.74) is 0. The minimum atomic E-state index is -3.39. The van der Waals surface area contributed by atoms with Crippen molar-refractivity contribution in [2.45, 2.75) is 24.5 Å². The molecule has 0 atom stereocenters. The minimum absolute atomic E-state index is 0.274. The minimum Gasteiger partial charge on any atom is -0.497 e. The summed E-state index contributed by atoms with van der Waals surface area (Å²) in [4.78, 5) is 0.274. The number of sulfonamides is 1. The first-order chi connectivity index (χ1) is 7.24. The molecule has 0 spiro atoms. The fraction of sp³-hybridized carbons (Fsp3) is 0.400. The highest BCUT2D eigenvalue weighted by atomic mass is 32.2. The first-order valence-electron chi connectivity index (χ1n) is 4.93. The van der Waals surface area contributed by atoms with Gasteiger partial charge >= 0.3 is 0 Å². The molecule has 16 heavy (non-hydrogen) atoms. The lowest BCUT2D eigenvalue weighted by atomic mass is 10.3. The summed E-state index contributed by atoms with van der Waals surface area (Å²) in [5, 5.41) is 0. The molecule has 90 valence electrons. The van der Waals surface area contributed by atoms with Gasteiger partial charge in [-0.25, -0.2) is 12.8 Å². The maximum atomic E-state index is 11.9. The van der Waals surface area contributed by atoms with E-state index in [0.29, 0.717) is 5.75 Å². The molecule has 0 saturated heterocycles. The lowest BCUT2D eigenvalue weighted by molar-refractivity contribution is 0.414. The van der Waals surface area contributed by atoms with Crippen LogP contribution >= 0.6 is 0 Å². The molecule has 1 aromatic carbocycles. The highest BCUT2D eigenvalue weighted by molar-refractivity contribution is 7.91. The Morgan fingerprint density at radius 3 is 2.00 bits per heavy atom. The lowest BCUT2D eigenvalue weighted by Gasteiger charge is -2.18. The zero-order chi connectivity index (χ0) is 12.4. The van der Waals surface area contributed by atoms with Crippen LogP contribution in [0.2, 0.25) is 19.6 Å². The molecule has 0 fully saturated rings. The SMILES string of the molecule is COc1ccc(S(=O)(=O)N[Si](C)(C)C)cc1. The molecule has 0 bridgehead atoms. The van der Waals surface area contributed by atoms with Gasteiger partial charge in [-0.2, -0.15) is 0 Å². The Balaban J connectivity index is 2.99. The van der Waals surface area contributed by atoms with Crippen molar-refractivity contribution in [1.29, 1.82) is 0 Å². The molecular formula is C10H17NO3SSi. The van der Waals surface area contributed by atoms with Crippen LogP contribution in [0.3, 0.4) is 0 Å². The number of nitrogens with one attached hydrogen (secondary N) is 1. The molecule has 0 amide bonds. The van der Waals surface area contributed by atoms with Gasteiger partial charge < -0.3 is 4.74 Å². The number of rotatable bonds is 4. The number of ether oxygens (including phenoxy) is 1. The molecule has 0 aromatic heterocycles. The molecular weight excluding hydrogens is 242 g/mol. The number of methoxy groups -OCH3 is 1. The number of hydrogen-bond donors (Lipinski definition) is 1. The predicted octanol–water partition coefficient (Wildman–Crippen LogP) is 1.81. The van der Waals surface area contributed by atoms with E-state index in [2.05, 4.69) is 4.39 Å². The molecule has 0 saturated carbocycles. The summed E-state index contributed by atoms with van der Waals surface area (Å²) >= 11 is 0. The Kier molecular flexibility index (Phi) is 3.77. The van der Waals surface area contributed by atoms with Crippen molar-refractivity contribution in [3.8, 4) is 5.75 Å². The fourth-order valence-electron chi connectivity index (χ4n) is 1.22.